The summed E-state index contributed by atoms with van der Waals surface area (Å²) in [6.07, 6.45) is 2.37. The fraction of sp³-hybridized carbons (Fsp3) is 0.478. The average Bonchev–Trinajstić information content (AvgIpc) is 3.39. The van der Waals surface area contributed by atoms with Crippen LogP contribution < -0.4 is 10.6 Å². The number of anilines is 1. The minimum Gasteiger partial charge on any atom is -0.462 e. The highest BCUT2D eigenvalue weighted by Crippen LogP contribution is 2.36. The van der Waals surface area contributed by atoms with Crippen molar-refractivity contribution in [2.75, 3.05) is 31.6 Å². The van der Waals surface area contributed by atoms with Crippen molar-refractivity contribution in [3.05, 3.63) is 42.0 Å². The highest BCUT2D eigenvalue weighted by molar-refractivity contribution is 7.20. The van der Waals surface area contributed by atoms with E-state index in [-0.39, 0.29) is 31.0 Å². The zero-order valence-corrected chi connectivity index (χ0v) is 20.0. The molecule has 1 amide bonds. The zero-order valence-electron chi connectivity index (χ0n) is 18.3. The molecule has 1 aromatic carbocycles. The number of halogens is 1. The number of carbonyl (C=O) groups excluding carboxylic acids is 2. The van der Waals surface area contributed by atoms with E-state index in [1.807, 2.05) is 37.3 Å². The van der Waals surface area contributed by atoms with E-state index >= 15 is 0 Å². The lowest BCUT2D eigenvalue weighted by Crippen LogP contribution is -2.45. The van der Waals surface area contributed by atoms with Gasteiger partial charge in [0.1, 0.15) is 5.00 Å². The first-order valence-corrected chi connectivity index (χ1v) is 11.5. The Hall–Kier alpha value is -1.93. The second-order valence-electron chi connectivity index (χ2n) is 7.48. The molecule has 0 spiro atoms. The Morgan fingerprint density at radius 2 is 2.00 bits per heavy atom. The molecular formula is C23H32ClN3O3S. The van der Waals surface area contributed by atoms with Gasteiger partial charge in [-0.2, -0.15) is 0 Å². The smallest absolute Gasteiger partial charge is 0.341 e. The molecule has 31 heavy (non-hydrogen) atoms. The number of ether oxygens (including phenoxy) is 1. The van der Waals surface area contributed by atoms with E-state index in [1.165, 1.54) is 17.8 Å². The number of thiophene rings is 1. The molecule has 1 aromatic heterocycles. The van der Waals surface area contributed by atoms with E-state index in [4.69, 9.17) is 4.74 Å². The summed E-state index contributed by atoms with van der Waals surface area (Å²) in [5.41, 5.74) is 1.40. The van der Waals surface area contributed by atoms with Crippen molar-refractivity contribution in [1.29, 1.82) is 0 Å². The van der Waals surface area contributed by atoms with Gasteiger partial charge in [-0.3, -0.25) is 9.69 Å². The third-order valence-corrected chi connectivity index (χ3v) is 6.58. The monoisotopic (exact) mass is 465 g/mol. The van der Waals surface area contributed by atoms with Crippen LogP contribution in [0.5, 0.6) is 0 Å². The van der Waals surface area contributed by atoms with E-state index in [1.54, 1.807) is 13.0 Å². The van der Waals surface area contributed by atoms with Crippen molar-refractivity contribution >= 4 is 40.6 Å². The molecule has 0 radical (unpaired) electrons. The number of nitrogens with one attached hydrogen (secondary N) is 2. The van der Waals surface area contributed by atoms with Crippen molar-refractivity contribution in [3.63, 3.8) is 0 Å². The van der Waals surface area contributed by atoms with Crippen LogP contribution in [0.15, 0.2) is 36.4 Å². The molecule has 2 N–H and O–H groups in total. The topological polar surface area (TPSA) is 70.7 Å². The molecule has 1 fully saturated rings. The Morgan fingerprint density at radius 1 is 1.26 bits per heavy atom. The van der Waals surface area contributed by atoms with Crippen LogP contribution >= 0.6 is 23.7 Å². The summed E-state index contributed by atoms with van der Waals surface area (Å²) in [7, 11) is 0. The predicted molar refractivity (Wildman–Crippen MR) is 129 cm³/mol. The van der Waals surface area contributed by atoms with Crippen molar-refractivity contribution in [3.8, 4) is 10.4 Å². The lowest BCUT2D eigenvalue weighted by molar-refractivity contribution is -0.117. The lowest BCUT2D eigenvalue weighted by Gasteiger charge is -2.24. The van der Waals surface area contributed by atoms with Gasteiger partial charge in [0.05, 0.1) is 18.2 Å². The maximum atomic E-state index is 12.8. The van der Waals surface area contributed by atoms with E-state index < -0.39 is 5.97 Å². The van der Waals surface area contributed by atoms with Crippen molar-refractivity contribution in [2.24, 2.45) is 0 Å². The highest BCUT2D eigenvalue weighted by atomic mass is 35.5. The standard InChI is InChI=1S/C23H31N3O3S.ClH/c1-4-26-13-9-12-18(26)15-24-16(3)21(27)25-22-19(23(28)29-5-2)14-20(30-22)17-10-7-6-8-11-17;/h6-8,10-11,14,16,18,24H,4-5,9,12-13,15H2,1-3H3,(H,25,27);1H. The van der Waals surface area contributed by atoms with Gasteiger partial charge in [0.2, 0.25) is 5.91 Å². The Kier molecular flexibility index (Phi) is 9.96. The second-order valence-corrected chi connectivity index (χ2v) is 8.54. The van der Waals surface area contributed by atoms with Crippen LogP contribution in [0, 0.1) is 0 Å². The molecule has 2 heterocycles. The summed E-state index contributed by atoms with van der Waals surface area (Å²) in [4.78, 5) is 28.6. The molecule has 2 atom stereocenters. The number of nitrogens with zero attached hydrogens (tertiary/aromatic N) is 1. The van der Waals surface area contributed by atoms with E-state index in [9.17, 15) is 9.59 Å². The van der Waals surface area contributed by atoms with Gasteiger partial charge < -0.3 is 15.4 Å². The Bertz CT molecular complexity index is 859. The lowest BCUT2D eigenvalue weighted by atomic mass is 10.1. The van der Waals surface area contributed by atoms with Crippen LogP contribution in [0.2, 0.25) is 0 Å². The Balaban J connectivity index is 0.00000341. The van der Waals surface area contributed by atoms with Crippen LogP contribution in [0.4, 0.5) is 5.00 Å². The molecule has 0 saturated carbocycles. The van der Waals surface area contributed by atoms with Gasteiger partial charge in [-0.05, 0) is 51.4 Å². The number of carbonyl (C=O) groups is 2. The number of likely N-dealkylation sites (tertiary alicyclic amines) is 1. The molecule has 3 rings (SSSR count). The summed E-state index contributed by atoms with van der Waals surface area (Å²) in [6.45, 7) is 9.04. The Morgan fingerprint density at radius 3 is 2.68 bits per heavy atom. The second kappa shape index (κ2) is 12.2. The van der Waals surface area contributed by atoms with Gasteiger partial charge >= 0.3 is 5.97 Å². The molecule has 6 nitrogen and oxygen atoms in total. The van der Waals surface area contributed by atoms with Crippen LogP contribution in [-0.2, 0) is 9.53 Å². The molecular weight excluding hydrogens is 434 g/mol. The van der Waals surface area contributed by atoms with Crippen LogP contribution in [0.25, 0.3) is 10.4 Å². The predicted octanol–water partition coefficient (Wildman–Crippen LogP) is 4.41. The van der Waals surface area contributed by atoms with Crippen molar-refractivity contribution < 1.29 is 14.3 Å². The largest absolute Gasteiger partial charge is 0.462 e. The SMILES string of the molecule is CCOC(=O)c1cc(-c2ccccc2)sc1NC(=O)C(C)NCC1CCCN1CC.Cl. The first-order chi connectivity index (χ1) is 14.5. The fourth-order valence-corrected chi connectivity index (χ4v) is 4.81. The third kappa shape index (κ3) is 6.53. The van der Waals surface area contributed by atoms with Crippen LogP contribution in [0.3, 0.4) is 0 Å². The summed E-state index contributed by atoms with van der Waals surface area (Å²) < 4.78 is 5.19. The van der Waals surface area contributed by atoms with Crippen LogP contribution in [0.1, 0.15) is 44.0 Å². The molecule has 2 aromatic rings. The molecule has 1 aliphatic heterocycles. The van der Waals surface area contributed by atoms with Crippen LogP contribution in [-0.4, -0.2) is 55.1 Å². The molecule has 2 unspecified atom stereocenters. The van der Waals surface area contributed by atoms with E-state index in [0.29, 0.717) is 16.6 Å². The van der Waals surface area contributed by atoms with E-state index in [2.05, 4.69) is 22.5 Å². The minimum atomic E-state index is -0.420. The summed E-state index contributed by atoms with van der Waals surface area (Å²) in [5, 5.41) is 6.83. The molecule has 170 valence electrons. The maximum Gasteiger partial charge on any atom is 0.341 e. The number of rotatable bonds is 9. The quantitative estimate of drug-likeness (QED) is 0.536. The first kappa shape index (κ1) is 25.3. The summed E-state index contributed by atoms with van der Waals surface area (Å²) in [6, 6.07) is 11.7. The van der Waals surface area contributed by atoms with Gasteiger partial charge in [-0.1, -0.05) is 37.3 Å². The maximum absolute atomic E-state index is 12.8. The number of amides is 1. The number of esters is 1. The van der Waals surface area contributed by atoms with Gasteiger partial charge in [-0.15, -0.1) is 23.7 Å². The van der Waals surface area contributed by atoms with E-state index in [0.717, 1.165) is 36.5 Å². The van der Waals surface area contributed by atoms with Gasteiger partial charge in [0, 0.05) is 17.5 Å². The number of benzene rings is 1. The normalized spacial score (nSPS) is 17.1. The highest BCUT2D eigenvalue weighted by Gasteiger charge is 2.25. The zero-order chi connectivity index (χ0) is 21.5. The van der Waals surface area contributed by atoms with Gasteiger partial charge in [0.15, 0.2) is 0 Å². The minimum absolute atomic E-state index is 0. The molecule has 1 saturated heterocycles. The molecule has 1 aliphatic rings. The first-order valence-electron chi connectivity index (χ1n) is 10.7. The number of hydrogen-bond donors (Lipinski definition) is 2. The van der Waals surface area contributed by atoms with Crippen molar-refractivity contribution in [1.82, 2.24) is 10.2 Å². The number of hydrogen-bond acceptors (Lipinski definition) is 6. The van der Waals surface area contributed by atoms with Crippen molar-refractivity contribution in [2.45, 2.75) is 45.7 Å². The van der Waals surface area contributed by atoms with Gasteiger partial charge in [-0.25, -0.2) is 4.79 Å². The Labute approximate surface area is 194 Å². The number of likely N-dealkylation sites (N-methyl/N-ethyl adjacent to an activating group) is 1. The molecule has 8 heteroatoms. The third-order valence-electron chi connectivity index (χ3n) is 5.48. The summed E-state index contributed by atoms with van der Waals surface area (Å²) in [5.74, 6) is -0.570. The average molecular weight is 466 g/mol. The van der Waals surface area contributed by atoms with Gasteiger partial charge in [0.25, 0.3) is 0 Å². The fourth-order valence-electron chi connectivity index (χ4n) is 3.76. The molecule has 0 bridgehead atoms. The molecule has 0 aliphatic carbocycles. The summed E-state index contributed by atoms with van der Waals surface area (Å²) >= 11 is 1.39.